The number of nitrogens with one attached hydrogen (secondary N) is 2. The number of hydrogen-bond donors (Lipinski definition) is 4. The van der Waals surface area contributed by atoms with Gasteiger partial charge >= 0.3 is 0 Å². The van der Waals surface area contributed by atoms with Gasteiger partial charge in [0.05, 0.1) is 4.90 Å². The van der Waals surface area contributed by atoms with E-state index in [0.29, 0.717) is 32.7 Å². The third-order valence-corrected chi connectivity index (χ3v) is 6.57. The van der Waals surface area contributed by atoms with Gasteiger partial charge in [-0.3, -0.25) is 9.52 Å². The van der Waals surface area contributed by atoms with E-state index in [1.165, 1.54) is 36.4 Å². The van der Waals surface area contributed by atoms with Crippen LogP contribution in [0.4, 0.5) is 11.4 Å². The summed E-state index contributed by atoms with van der Waals surface area (Å²) in [5.74, 6) is -0.729. The number of carbonyl (C=O) groups is 1. The zero-order chi connectivity index (χ0) is 24.3. The molecule has 0 fully saturated rings. The number of benzene rings is 4. The number of carbonyl (C=O) groups excluding carboxylic acids is 1. The second-order valence-electron chi connectivity index (χ2n) is 7.37. The lowest BCUT2D eigenvalue weighted by atomic mass is 10.1. The molecule has 0 aliphatic rings. The van der Waals surface area contributed by atoms with Crippen LogP contribution >= 0.6 is 11.6 Å². The largest absolute Gasteiger partial charge is 0.508 e. The first-order chi connectivity index (χ1) is 16.2. The average molecular weight is 495 g/mol. The molecule has 0 aliphatic heterocycles. The van der Waals surface area contributed by atoms with Crippen molar-refractivity contribution in [3.63, 3.8) is 0 Å². The fraction of sp³-hybridized carbons (Fsp3) is 0. The maximum Gasteiger partial charge on any atom is 0.262 e. The predicted molar refractivity (Wildman–Crippen MR) is 134 cm³/mol. The Morgan fingerprint density at radius 1 is 0.853 bits per heavy atom. The number of sulfonamides is 1. The van der Waals surface area contributed by atoms with Gasteiger partial charge in [-0.25, -0.2) is 8.42 Å². The maximum atomic E-state index is 13.1. The molecule has 0 radical (unpaired) electrons. The summed E-state index contributed by atoms with van der Waals surface area (Å²) in [5, 5.41) is 23.3. The first-order valence-electron chi connectivity index (χ1n) is 10.0. The van der Waals surface area contributed by atoms with E-state index in [1.54, 1.807) is 54.6 Å². The quantitative estimate of drug-likeness (QED) is 0.269. The van der Waals surface area contributed by atoms with Gasteiger partial charge < -0.3 is 15.5 Å². The number of fused-ring (bicyclic) bond motifs is 1. The van der Waals surface area contributed by atoms with Crippen molar-refractivity contribution in [3.8, 4) is 11.5 Å². The normalized spacial score (nSPS) is 11.6. The zero-order valence-corrected chi connectivity index (χ0v) is 19.1. The minimum absolute atomic E-state index is 0.0572. The van der Waals surface area contributed by atoms with Gasteiger partial charge in [-0.1, -0.05) is 35.9 Å². The van der Waals surface area contributed by atoms with Crippen molar-refractivity contribution < 1.29 is 23.4 Å². The van der Waals surface area contributed by atoms with Crippen molar-refractivity contribution in [2.24, 2.45) is 0 Å². The average Bonchev–Trinajstić information content (AvgIpc) is 2.78. The number of phenolic OH excluding ortho intramolecular Hbond substituents is 2. The molecule has 0 aliphatic carbocycles. The van der Waals surface area contributed by atoms with Gasteiger partial charge in [-0.2, -0.15) is 0 Å². The van der Waals surface area contributed by atoms with Crippen LogP contribution in [-0.4, -0.2) is 24.5 Å². The maximum absolute atomic E-state index is 13.1. The van der Waals surface area contributed by atoms with Gasteiger partial charge in [0.2, 0.25) is 5.91 Å². The Kier molecular flexibility index (Phi) is 6.45. The molecule has 0 unspecified atom stereocenters. The summed E-state index contributed by atoms with van der Waals surface area (Å²) < 4.78 is 28.7. The Labute approximate surface area is 201 Å². The van der Waals surface area contributed by atoms with E-state index in [-0.39, 0.29) is 16.4 Å². The molecule has 172 valence electrons. The van der Waals surface area contributed by atoms with Crippen LogP contribution in [-0.2, 0) is 14.8 Å². The van der Waals surface area contributed by atoms with Crippen LogP contribution < -0.4 is 10.0 Å². The number of rotatable bonds is 6. The molecule has 34 heavy (non-hydrogen) atoms. The van der Waals surface area contributed by atoms with Crippen molar-refractivity contribution >= 4 is 55.8 Å². The number of hydrogen-bond acceptors (Lipinski definition) is 5. The molecule has 0 aromatic heterocycles. The van der Waals surface area contributed by atoms with Crippen molar-refractivity contribution in [2.45, 2.75) is 4.90 Å². The number of halogens is 1. The van der Waals surface area contributed by atoms with Crippen molar-refractivity contribution in [2.75, 3.05) is 10.0 Å². The summed E-state index contributed by atoms with van der Waals surface area (Å²) in [6, 6.07) is 20.0. The van der Waals surface area contributed by atoms with E-state index in [4.69, 9.17) is 11.6 Å². The van der Waals surface area contributed by atoms with E-state index in [9.17, 15) is 23.4 Å². The van der Waals surface area contributed by atoms with Crippen LogP contribution in [0.25, 0.3) is 16.8 Å². The number of aromatic hydroxyl groups is 2. The lowest BCUT2D eigenvalue weighted by molar-refractivity contribution is -0.111. The van der Waals surface area contributed by atoms with Gasteiger partial charge in [0.25, 0.3) is 10.0 Å². The summed E-state index contributed by atoms with van der Waals surface area (Å²) in [6.07, 6.45) is 2.68. The van der Waals surface area contributed by atoms with Crippen LogP contribution in [0.2, 0.25) is 5.02 Å². The van der Waals surface area contributed by atoms with Crippen LogP contribution in [0.3, 0.4) is 0 Å². The highest BCUT2D eigenvalue weighted by Gasteiger charge is 2.18. The molecule has 0 saturated carbocycles. The zero-order valence-electron chi connectivity index (χ0n) is 17.6. The molecule has 0 spiro atoms. The molecule has 4 aromatic rings. The molecule has 0 heterocycles. The molecule has 4 rings (SSSR count). The fourth-order valence-electron chi connectivity index (χ4n) is 3.41. The van der Waals surface area contributed by atoms with Crippen LogP contribution in [0.1, 0.15) is 5.56 Å². The minimum Gasteiger partial charge on any atom is -0.508 e. The summed E-state index contributed by atoms with van der Waals surface area (Å²) in [7, 11) is -3.92. The fourth-order valence-corrected chi connectivity index (χ4v) is 4.82. The summed E-state index contributed by atoms with van der Waals surface area (Å²) in [5.41, 5.74) is 1.23. The molecular weight excluding hydrogens is 476 g/mol. The topological polar surface area (TPSA) is 116 Å². The van der Waals surface area contributed by atoms with Crippen LogP contribution in [0.5, 0.6) is 11.5 Å². The Morgan fingerprint density at radius 2 is 1.50 bits per heavy atom. The number of anilines is 2. The highest BCUT2D eigenvalue weighted by molar-refractivity contribution is 7.93. The number of amides is 1. The first kappa shape index (κ1) is 23.2. The van der Waals surface area contributed by atoms with E-state index in [1.807, 2.05) is 0 Å². The van der Waals surface area contributed by atoms with Crippen molar-refractivity contribution in [3.05, 3.63) is 95.5 Å². The lowest BCUT2D eigenvalue weighted by Gasteiger charge is -2.13. The van der Waals surface area contributed by atoms with E-state index >= 15 is 0 Å². The van der Waals surface area contributed by atoms with Crippen LogP contribution in [0.15, 0.2) is 89.8 Å². The smallest absolute Gasteiger partial charge is 0.262 e. The first-order valence-corrected chi connectivity index (χ1v) is 11.9. The molecular formula is C25H19ClN2O5S. The second kappa shape index (κ2) is 9.46. The summed E-state index contributed by atoms with van der Waals surface area (Å²) in [6.45, 7) is 0. The van der Waals surface area contributed by atoms with Gasteiger partial charge in [0.1, 0.15) is 11.5 Å². The second-order valence-corrected chi connectivity index (χ2v) is 9.46. The molecule has 4 aromatic carbocycles. The van der Waals surface area contributed by atoms with Gasteiger partial charge in [-0.15, -0.1) is 0 Å². The standard InChI is InChI=1S/C25H19ClN2O5S/c26-17-8-10-18(11-9-17)28-34(32,33)24-6-2-3-21-22(24)4-1-5-23(21)27-25(31)12-7-16-13-19(29)15-20(30)14-16/h1-15,28-30H,(H,27,31)/b12-7+. The Hall–Kier alpha value is -4.01. The molecule has 7 nitrogen and oxygen atoms in total. The Morgan fingerprint density at radius 3 is 2.21 bits per heavy atom. The highest BCUT2D eigenvalue weighted by Crippen LogP contribution is 2.30. The molecule has 0 atom stereocenters. The molecule has 0 saturated heterocycles. The van der Waals surface area contributed by atoms with Gasteiger partial charge in [0.15, 0.2) is 0 Å². The molecule has 0 bridgehead atoms. The SMILES string of the molecule is O=C(/C=C/c1cc(O)cc(O)c1)Nc1cccc2c(S(=O)(=O)Nc3ccc(Cl)cc3)cccc12. The van der Waals surface area contributed by atoms with E-state index in [2.05, 4.69) is 10.0 Å². The summed E-state index contributed by atoms with van der Waals surface area (Å²) in [4.78, 5) is 12.5. The van der Waals surface area contributed by atoms with Crippen LogP contribution in [0, 0.1) is 0 Å². The van der Waals surface area contributed by atoms with Crippen molar-refractivity contribution in [1.82, 2.24) is 0 Å². The molecule has 9 heteroatoms. The Balaban J connectivity index is 1.61. The predicted octanol–water partition coefficient (Wildman–Crippen LogP) is 5.36. The monoisotopic (exact) mass is 494 g/mol. The minimum atomic E-state index is -3.92. The molecule has 4 N–H and O–H groups in total. The number of phenols is 2. The highest BCUT2D eigenvalue weighted by atomic mass is 35.5. The van der Waals surface area contributed by atoms with Gasteiger partial charge in [0, 0.05) is 39.3 Å². The van der Waals surface area contributed by atoms with Gasteiger partial charge in [-0.05, 0) is 60.2 Å². The van der Waals surface area contributed by atoms with E-state index < -0.39 is 15.9 Å². The summed E-state index contributed by atoms with van der Waals surface area (Å²) >= 11 is 5.87. The van der Waals surface area contributed by atoms with E-state index in [0.717, 1.165) is 0 Å². The third kappa shape index (κ3) is 5.31. The van der Waals surface area contributed by atoms with Crippen molar-refractivity contribution in [1.29, 1.82) is 0 Å². The lowest BCUT2D eigenvalue weighted by Crippen LogP contribution is -2.14. The Bertz CT molecular complexity index is 1500. The molecule has 1 amide bonds. The third-order valence-electron chi connectivity index (χ3n) is 4.88.